The van der Waals surface area contributed by atoms with Crippen molar-refractivity contribution in [1.29, 1.82) is 0 Å². The highest BCUT2D eigenvalue weighted by Crippen LogP contribution is 2.44. The van der Waals surface area contributed by atoms with Crippen molar-refractivity contribution in [3.63, 3.8) is 0 Å². The fraction of sp³-hybridized carbons (Fsp3) is 0.400. The smallest absolute Gasteiger partial charge is 0.407 e. The SMILES string of the molecule is O=C(NC[C@@H]1CCO[C@@H]1C(=O)N1CC(O)(C(=O)O)C1)OCC1c2ccccc2-c2ccccc21. The summed E-state index contributed by atoms with van der Waals surface area (Å²) in [6.07, 6.45) is -0.770. The van der Waals surface area contributed by atoms with Crippen LogP contribution in [0.4, 0.5) is 4.79 Å². The number of hydrogen-bond acceptors (Lipinski definition) is 6. The molecule has 9 nitrogen and oxygen atoms in total. The van der Waals surface area contributed by atoms with Crippen molar-refractivity contribution in [2.45, 2.75) is 24.0 Å². The molecule has 3 aliphatic rings. The van der Waals surface area contributed by atoms with E-state index in [4.69, 9.17) is 14.6 Å². The summed E-state index contributed by atoms with van der Waals surface area (Å²) in [5.74, 6) is -2.02. The molecule has 5 rings (SSSR count). The van der Waals surface area contributed by atoms with Gasteiger partial charge in [-0.15, -0.1) is 0 Å². The summed E-state index contributed by atoms with van der Waals surface area (Å²) in [6.45, 7) is 0.223. The molecule has 0 unspecified atom stereocenters. The molecule has 2 aromatic rings. The lowest BCUT2D eigenvalue weighted by Crippen LogP contribution is -2.69. The number of aliphatic hydroxyl groups is 1. The quantitative estimate of drug-likeness (QED) is 0.590. The molecule has 0 spiro atoms. The van der Waals surface area contributed by atoms with E-state index in [1.807, 2.05) is 24.3 Å². The molecule has 0 saturated carbocycles. The first kappa shape index (κ1) is 22.4. The third-order valence-corrected chi connectivity index (χ3v) is 6.92. The van der Waals surface area contributed by atoms with Crippen molar-refractivity contribution in [2.24, 2.45) is 5.92 Å². The van der Waals surface area contributed by atoms with Crippen LogP contribution >= 0.6 is 0 Å². The highest BCUT2D eigenvalue weighted by atomic mass is 16.5. The van der Waals surface area contributed by atoms with E-state index in [2.05, 4.69) is 29.6 Å². The molecule has 2 aliphatic heterocycles. The van der Waals surface area contributed by atoms with Gasteiger partial charge in [0.25, 0.3) is 5.91 Å². The second-order valence-corrected chi connectivity index (χ2v) is 9.08. The first-order valence-electron chi connectivity index (χ1n) is 11.3. The van der Waals surface area contributed by atoms with Crippen molar-refractivity contribution >= 4 is 18.0 Å². The number of carboxylic acid groups (broad SMARTS) is 1. The summed E-state index contributed by atoms with van der Waals surface area (Å²) in [6, 6.07) is 16.2. The average Bonchev–Trinajstić information content (AvgIpc) is 3.41. The lowest BCUT2D eigenvalue weighted by molar-refractivity contribution is -0.185. The molecule has 0 bridgehead atoms. The molecule has 2 aromatic carbocycles. The van der Waals surface area contributed by atoms with Gasteiger partial charge in [0.1, 0.15) is 12.7 Å². The number of benzene rings is 2. The van der Waals surface area contributed by atoms with Gasteiger partial charge in [-0.05, 0) is 28.7 Å². The maximum Gasteiger partial charge on any atom is 0.407 e. The fourth-order valence-electron chi connectivity index (χ4n) is 5.04. The van der Waals surface area contributed by atoms with Gasteiger partial charge in [-0.2, -0.15) is 0 Å². The first-order chi connectivity index (χ1) is 16.4. The minimum Gasteiger partial charge on any atom is -0.479 e. The summed E-state index contributed by atoms with van der Waals surface area (Å²) >= 11 is 0. The summed E-state index contributed by atoms with van der Waals surface area (Å²) in [5.41, 5.74) is 2.66. The number of carbonyl (C=O) groups is 3. The molecule has 2 heterocycles. The summed E-state index contributed by atoms with van der Waals surface area (Å²) in [5, 5.41) is 21.6. The first-order valence-corrected chi connectivity index (χ1v) is 11.3. The van der Waals surface area contributed by atoms with Gasteiger partial charge >= 0.3 is 12.1 Å². The molecule has 2 amide bonds. The zero-order valence-corrected chi connectivity index (χ0v) is 18.5. The van der Waals surface area contributed by atoms with E-state index < -0.39 is 23.8 Å². The van der Waals surface area contributed by atoms with Gasteiger partial charge in [0.05, 0.1) is 13.1 Å². The van der Waals surface area contributed by atoms with E-state index in [1.165, 1.54) is 4.90 Å². The topological polar surface area (TPSA) is 125 Å². The Morgan fingerprint density at radius 1 is 1.06 bits per heavy atom. The number of carbonyl (C=O) groups excluding carboxylic acids is 2. The number of carboxylic acids is 1. The zero-order chi connectivity index (χ0) is 23.9. The van der Waals surface area contributed by atoms with Crippen molar-refractivity contribution in [3.05, 3.63) is 59.7 Å². The molecule has 3 N–H and O–H groups in total. The van der Waals surface area contributed by atoms with Gasteiger partial charge in [-0.3, -0.25) is 4.79 Å². The van der Waals surface area contributed by atoms with Crippen LogP contribution in [0, 0.1) is 5.92 Å². The third kappa shape index (κ3) is 3.91. The number of nitrogens with zero attached hydrogens (tertiary/aromatic N) is 1. The number of nitrogens with one attached hydrogen (secondary N) is 1. The molecular weight excluding hydrogens is 440 g/mol. The zero-order valence-electron chi connectivity index (χ0n) is 18.5. The molecular formula is C25H26N2O7. The number of fused-ring (bicyclic) bond motifs is 3. The van der Waals surface area contributed by atoms with Gasteiger partial charge in [-0.1, -0.05) is 48.5 Å². The van der Waals surface area contributed by atoms with Crippen LogP contribution in [0.3, 0.4) is 0 Å². The molecule has 2 atom stereocenters. The molecule has 178 valence electrons. The van der Waals surface area contributed by atoms with Crippen LogP contribution in [0.5, 0.6) is 0 Å². The van der Waals surface area contributed by atoms with Crippen molar-refractivity contribution in [3.8, 4) is 11.1 Å². The fourth-order valence-corrected chi connectivity index (χ4v) is 5.04. The third-order valence-electron chi connectivity index (χ3n) is 6.92. The van der Waals surface area contributed by atoms with E-state index in [1.54, 1.807) is 0 Å². The van der Waals surface area contributed by atoms with E-state index in [0.29, 0.717) is 13.0 Å². The summed E-state index contributed by atoms with van der Waals surface area (Å²) in [4.78, 5) is 37.4. The van der Waals surface area contributed by atoms with Crippen LogP contribution in [0.15, 0.2) is 48.5 Å². The van der Waals surface area contributed by atoms with Crippen molar-refractivity contribution in [1.82, 2.24) is 10.2 Å². The number of ether oxygens (including phenoxy) is 2. The second-order valence-electron chi connectivity index (χ2n) is 9.08. The van der Waals surface area contributed by atoms with E-state index in [9.17, 15) is 19.5 Å². The number of β-amino-alcohol motifs (C(OH)–C–C–N with tert-alkyl or cyclic N) is 1. The van der Waals surface area contributed by atoms with Crippen LogP contribution in [-0.4, -0.2) is 77.6 Å². The number of aliphatic carboxylic acids is 1. The molecule has 0 aromatic heterocycles. The number of amides is 2. The predicted octanol–water partition coefficient (Wildman–Crippen LogP) is 1.59. The highest BCUT2D eigenvalue weighted by molar-refractivity contribution is 5.87. The molecule has 2 saturated heterocycles. The van der Waals surface area contributed by atoms with Gasteiger partial charge in [-0.25, -0.2) is 9.59 Å². The van der Waals surface area contributed by atoms with Crippen LogP contribution in [0.25, 0.3) is 11.1 Å². The lowest BCUT2D eigenvalue weighted by atomic mass is 9.92. The minimum absolute atomic E-state index is 0.0401. The Kier molecular flexibility index (Phi) is 5.75. The number of rotatable bonds is 6. The van der Waals surface area contributed by atoms with Crippen LogP contribution < -0.4 is 5.32 Å². The molecule has 2 fully saturated rings. The number of hydrogen-bond donors (Lipinski definition) is 3. The van der Waals surface area contributed by atoms with Crippen LogP contribution in [0.2, 0.25) is 0 Å². The molecule has 9 heteroatoms. The van der Waals surface area contributed by atoms with E-state index >= 15 is 0 Å². The number of alkyl carbamates (subject to hydrolysis) is 1. The van der Waals surface area contributed by atoms with Crippen LogP contribution in [-0.2, 0) is 19.1 Å². The average molecular weight is 466 g/mol. The second kappa shape index (κ2) is 8.73. The van der Waals surface area contributed by atoms with Gasteiger partial charge < -0.3 is 29.9 Å². The normalized spacial score (nSPS) is 22.4. The van der Waals surface area contributed by atoms with Gasteiger partial charge in [0, 0.05) is 25.0 Å². The largest absolute Gasteiger partial charge is 0.479 e. The maximum absolute atomic E-state index is 12.7. The Bertz CT molecular complexity index is 1080. The molecule has 0 radical (unpaired) electrons. The van der Waals surface area contributed by atoms with Crippen LogP contribution in [0.1, 0.15) is 23.5 Å². The predicted molar refractivity (Wildman–Crippen MR) is 120 cm³/mol. The molecule has 1 aliphatic carbocycles. The van der Waals surface area contributed by atoms with Crippen molar-refractivity contribution < 1.29 is 34.1 Å². The monoisotopic (exact) mass is 466 g/mol. The van der Waals surface area contributed by atoms with Gasteiger partial charge in [0.15, 0.2) is 5.60 Å². The minimum atomic E-state index is -1.90. The Morgan fingerprint density at radius 3 is 2.29 bits per heavy atom. The molecule has 34 heavy (non-hydrogen) atoms. The Labute approximate surface area is 196 Å². The lowest BCUT2D eigenvalue weighted by Gasteiger charge is -2.44. The van der Waals surface area contributed by atoms with Crippen molar-refractivity contribution in [2.75, 3.05) is 32.8 Å². The Morgan fingerprint density at radius 2 is 1.68 bits per heavy atom. The van der Waals surface area contributed by atoms with E-state index in [0.717, 1.165) is 22.3 Å². The standard InChI is InChI=1S/C25H26N2O7/c28-22(27-13-25(32,14-27)23(29)30)21-15(9-10-33-21)11-26-24(31)34-12-20-18-7-3-1-5-16(18)17-6-2-4-8-19(17)20/h1-8,15,20-21,32H,9-14H2,(H,26,31)(H,29,30)/t15-,21-/m0/s1. The van der Waals surface area contributed by atoms with E-state index in [-0.39, 0.29) is 44.0 Å². The summed E-state index contributed by atoms with van der Waals surface area (Å²) in [7, 11) is 0. The summed E-state index contributed by atoms with van der Waals surface area (Å²) < 4.78 is 11.1. The Balaban J connectivity index is 1.14. The Hall–Kier alpha value is -3.43. The maximum atomic E-state index is 12.7. The number of likely N-dealkylation sites (tertiary alicyclic amines) is 1. The van der Waals surface area contributed by atoms with Gasteiger partial charge in [0.2, 0.25) is 0 Å². The highest BCUT2D eigenvalue weighted by Gasteiger charge is 2.52.